The molecular formula is C12H9FN2O3S. The van der Waals surface area contributed by atoms with Crippen molar-refractivity contribution in [3.8, 4) is 0 Å². The molecule has 5 nitrogen and oxygen atoms in total. The zero-order valence-electron chi connectivity index (χ0n) is 9.58. The summed E-state index contributed by atoms with van der Waals surface area (Å²) in [6.07, 6.45) is 1.76. The molecule has 1 heterocycles. The quantitative estimate of drug-likeness (QED) is 0.867. The van der Waals surface area contributed by atoms with Gasteiger partial charge in [0.25, 0.3) is 10.0 Å². The molecule has 0 spiro atoms. The van der Waals surface area contributed by atoms with Gasteiger partial charge in [-0.15, -0.1) is 0 Å². The Labute approximate surface area is 109 Å². The number of nitrogens with zero attached hydrogens (tertiary/aromatic N) is 1. The van der Waals surface area contributed by atoms with Crippen LogP contribution in [0.5, 0.6) is 0 Å². The molecule has 19 heavy (non-hydrogen) atoms. The van der Waals surface area contributed by atoms with Crippen molar-refractivity contribution in [1.82, 2.24) is 4.98 Å². The molecule has 0 bridgehead atoms. The van der Waals surface area contributed by atoms with Gasteiger partial charge in [-0.05, 0) is 24.3 Å². The van der Waals surface area contributed by atoms with Gasteiger partial charge in [0.15, 0.2) is 5.82 Å². The number of pyridine rings is 1. The van der Waals surface area contributed by atoms with E-state index < -0.39 is 20.9 Å². The van der Waals surface area contributed by atoms with Crippen molar-refractivity contribution in [2.45, 2.75) is 5.03 Å². The predicted molar refractivity (Wildman–Crippen MR) is 66.8 cm³/mol. The molecule has 1 aromatic carbocycles. The molecular weight excluding hydrogens is 271 g/mol. The maximum absolute atomic E-state index is 13.4. The molecule has 0 saturated heterocycles. The summed E-state index contributed by atoms with van der Waals surface area (Å²) in [5.74, 6) is -0.943. The van der Waals surface area contributed by atoms with E-state index in [4.69, 9.17) is 0 Å². The minimum Gasteiger partial charge on any atom is -0.298 e. The van der Waals surface area contributed by atoms with Crippen LogP contribution in [-0.2, 0) is 10.0 Å². The number of halogens is 1. The molecule has 1 aromatic heterocycles. The summed E-state index contributed by atoms with van der Waals surface area (Å²) < 4.78 is 39.4. The van der Waals surface area contributed by atoms with Gasteiger partial charge in [0, 0.05) is 17.4 Å². The van der Waals surface area contributed by atoms with Crippen LogP contribution in [0.2, 0.25) is 0 Å². The molecule has 0 radical (unpaired) electrons. The Kier molecular flexibility index (Phi) is 3.57. The van der Waals surface area contributed by atoms with Crippen molar-refractivity contribution in [3.63, 3.8) is 0 Å². The second-order valence-corrected chi connectivity index (χ2v) is 5.24. The Morgan fingerprint density at radius 2 is 2.00 bits per heavy atom. The summed E-state index contributed by atoms with van der Waals surface area (Å²) in [5.41, 5.74) is 0.469. The number of hydrogen-bond acceptors (Lipinski definition) is 4. The number of sulfonamides is 1. The molecule has 0 unspecified atom stereocenters. The van der Waals surface area contributed by atoms with E-state index in [2.05, 4.69) is 9.71 Å². The van der Waals surface area contributed by atoms with E-state index >= 15 is 0 Å². The SMILES string of the molecule is O=Cc1cccc(NS(=O)(=O)c2ncccc2F)c1. The van der Waals surface area contributed by atoms with Crippen molar-refractivity contribution >= 4 is 22.0 Å². The first-order valence-corrected chi connectivity index (χ1v) is 6.70. The van der Waals surface area contributed by atoms with Gasteiger partial charge in [0.2, 0.25) is 5.03 Å². The highest BCUT2D eigenvalue weighted by atomic mass is 32.2. The van der Waals surface area contributed by atoms with Gasteiger partial charge in [-0.25, -0.2) is 9.37 Å². The lowest BCUT2D eigenvalue weighted by Crippen LogP contribution is -2.16. The third kappa shape index (κ3) is 2.94. The summed E-state index contributed by atoms with van der Waals surface area (Å²) in [6, 6.07) is 8.12. The number of aromatic nitrogens is 1. The molecule has 0 aliphatic heterocycles. The number of aldehydes is 1. The lowest BCUT2D eigenvalue weighted by atomic mass is 10.2. The van der Waals surface area contributed by atoms with Crippen LogP contribution in [0.4, 0.5) is 10.1 Å². The number of hydrogen-bond donors (Lipinski definition) is 1. The summed E-state index contributed by atoms with van der Waals surface area (Å²) in [6.45, 7) is 0. The Hall–Kier alpha value is -2.28. The zero-order chi connectivity index (χ0) is 13.9. The van der Waals surface area contributed by atoms with Crippen molar-refractivity contribution in [2.24, 2.45) is 0 Å². The maximum atomic E-state index is 13.4. The summed E-state index contributed by atoms with van der Waals surface area (Å²) in [7, 11) is -4.12. The van der Waals surface area contributed by atoms with Crippen molar-refractivity contribution in [3.05, 3.63) is 54.0 Å². The van der Waals surface area contributed by atoms with E-state index in [1.165, 1.54) is 36.5 Å². The molecule has 0 aliphatic carbocycles. The number of rotatable bonds is 4. The first-order valence-electron chi connectivity index (χ1n) is 5.21. The zero-order valence-corrected chi connectivity index (χ0v) is 10.4. The minimum atomic E-state index is -4.12. The topological polar surface area (TPSA) is 76.1 Å². The highest BCUT2D eigenvalue weighted by Gasteiger charge is 2.20. The van der Waals surface area contributed by atoms with Crippen LogP contribution in [0.3, 0.4) is 0 Å². The first kappa shape index (κ1) is 13.2. The Balaban J connectivity index is 2.36. The van der Waals surface area contributed by atoms with E-state index in [0.29, 0.717) is 11.8 Å². The smallest absolute Gasteiger partial charge is 0.282 e. The standard InChI is InChI=1S/C12H9FN2O3S/c13-11-5-2-6-14-12(11)19(17,18)15-10-4-1-3-9(7-10)8-16/h1-8,15H. The summed E-state index contributed by atoms with van der Waals surface area (Å²) in [4.78, 5) is 14.1. The number of benzene rings is 1. The third-order valence-electron chi connectivity index (χ3n) is 2.25. The second kappa shape index (κ2) is 5.15. The van der Waals surface area contributed by atoms with Crippen LogP contribution in [-0.4, -0.2) is 19.7 Å². The van der Waals surface area contributed by atoms with Crippen LogP contribution in [0.25, 0.3) is 0 Å². The Bertz CT molecular complexity index is 716. The molecule has 0 saturated carbocycles. The number of carbonyl (C=O) groups is 1. The number of nitrogens with one attached hydrogen (secondary N) is 1. The highest BCUT2D eigenvalue weighted by molar-refractivity contribution is 7.92. The molecule has 0 amide bonds. The molecule has 0 aliphatic rings. The summed E-state index contributed by atoms with van der Waals surface area (Å²) in [5, 5.41) is -0.688. The van der Waals surface area contributed by atoms with Crippen LogP contribution in [0.1, 0.15) is 10.4 Å². The molecule has 2 aromatic rings. The van der Waals surface area contributed by atoms with Crippen molar-refractivity contribution < 1.29 is 17.6 Å². The maximum Gasteiger partial charge on any atom is 0.282 e. The fourth-order valence-corrected chi connectivity index (χ4v) is 2.51. The van der Waals surface area contributed by atoms with Gasteiger partial charge in [-0.1, -0.05) is 12.1 Å². The van der Waals surface area contributed by atoms with Gasteiger partial charge in [-0.3, -0.25) is 9.52 Å². The molecule has 1 N–H and O–H groups in total. The third-order valence-corrected chi connectivity index (χ3v) is 3.57. The molecule has 0 atom stereocenters. The predicted octanol–water partition coefficient (Wildman–Crippen LogP) is 1.83. The second-order valence-electron chi connectivity index (χ2n) is 3.64. The number of carbonyl (C=O) groups excluding carboxylic acids is 1. The largest absolute Gasteiger partial charge is 0.298 e. The van der Waals surface area contributed by atoms with Gasteiger partial charge >= 0.3 is 0 Å². The average Bonchev–Trinajstić information content (AvgIpc) is 2.38. The van der Waals surface area contributed by atoms with Crippen LogP contribution in [0.15, 0.2) is 47.6 Å². The molecule has 0 fully saturated rings. The number of anilines is 1. The summed E-state index contributed by atoms with van der Waals surface area (Å²) >= 11 is 0. The monoisotopic (exact) mass is 280 g/mol. The van der Waals surface area contributed by atoms with Crippen molar-refractivity contribution in [2.75, 3.05) is 4.72 Å². The Morgan fingerprint density at radius 3 is 2.68 bits per heavy atom. The van der Waals surface area contributed by atoms with E-state index in [9.17, 15) is 17.6 Å². The molecule has 7 heteroatoms. The fourth-order valence-electron chi connectivity index (χ4n) is 1.45. The van der Waals surface area contributed by atoms with Gasteiger partial charge in [0.1, 0.15) is 6.29 Å². The average molecular weight is 280 g/mol. The first-order chi connectivity index (χ1) is 9.03. The van der Waals surface area contributed by atoms with Crippen molar-refractivity contribution in [1.29, 1.82) is 0 Å². The van der Waals surface area contributed by atoms with Crippen LogP contribution in [0, 0.1) is 5.82 Å². The van der Waals surface area contributed by atoms with E-state index in [1.807, 2.05) is 0 Å². The lowest BCUT2D eigenvalue weighted by molar-refractivity contribution is 0.112. The lowest BCUT2D eigenvalue weighted by Gasteiger charge is -2.08. The van der Waals surface area contributed by atoms with E-state index in [0.717, 1.165) is 6.07 Å². The normalized spacial score (nSPS) is 11.0. The van der Waals surface area contributed by atoms with E-state index in [1.54, 1.807) is 0 Å². The fraction of sp³-hybridized carbons (Fsp3) is 0. The van der Waals surface area contributed by atoms with Gasteiger partial charge in [-0.2, -0.15) is 8.42 Å². The minimum absolute atomic E-state index is 0.162. The molecule has 98 valence electrons. The molecule has 2 rings (SSSR count). The Morgan fingerprint density at radius 1 is 1.21 bits per heavy atom. The van der Waals surface area contributed by atoms with E-state index in [-0.39, 0.29) is 5.69 Å². The van der Waals surface area contributed by atoms with Crippen LogP contribution >= 0.6 is 0 Å². The van der Waals surface area contributed by atoms with Gasteiger partial charge in [0.05, 0.1) is 0 Å². The van der Waals surface area contributed by atoms with Gasteiger partial charge < -0.3 is 0 Å². The highest BCUT2D eigenvalue weighted by Crippen LogP contribution is 2.17. The van der Waals surface area contributed by atoms with Crippen LogP contribution < -0.4 is 4.72 Å².